The van der Waals surface area contributed by atoms with E-state index in [-0.39, 0.29) is 18.4 Å². The summed E-state index contributed by atoms with van der Waals surface area (Å²) in [6.45, 7) is 0.489. The van der Waals surface area contributed by atoms with Crippen LogP contribution in [-0.4, -0.2) is 48.3 Å². The zero-order valence-corrected chi connectivity index (χ0v) is 22.0. The minimum atomic E-state index is -5.13. The van der Waals surface area contributed by atoms with Crippen molar-refractivity contribution in [3.05, 3.63) is 81.9 Å². The topological polar surface area (TPSA) is 78.5 Å². The lowest BCUT2D eigenvalue weighted by atomic mass is 10.0. The summed E-state index contributed by atoms with van der Waals surface area (Å²) in [6, 6.07) is 5.32. The predicted molar refractivity (Wildman–Crippen MR) is 135 cm³/mol. The summed E-state index contributed by atoms with van der Waals surface area (Å²) in [4.78, 5) is 38.9. The van der Waals surface area contributed by atoms with Crippen molar-refractivity contribution in [2.45, 2.75) is 50.1 Å². The van der Waals surface area contributed by atoms with Gasteiger partial charge in [0, 0.05) is 30.3 Å². The van der Waals surface area contributed by atoms with Crippen molar-refractivity contribution in [1.82, 2.24) is 15.5 Å². The number of hydrogen-bond acceptors (Lipinski definition) is 3. The molecule has 0 radical (unpaired) electrons. The number of carbonyl (C=O) groups excluding carboxylic acids is 3. The average Bonchev–Trinajstić information content (AvgIpc) is 3.09. The van der Waals surface area contributed by atoms with Crippen LogP contribution in [0.15, 0.2) is 54.6 Å². The van der Waals surface area contributed by atoms with Gasteiger partial charge in [-0.1, -0.05) is 29.8 Å². The molecule has 0 aliphatic carbocycles. The van der Waals surface area contributed by atoms with Gasteiger partial charge in [-0.05, 0) is 61.6 Å². The van der Waals surface area contributed by atoms with Gasteiger partial charge in [0.1, 0.15) is 6.04 Å². The number of likely N-dealkylation sites (N-methyl/N-ethyl adjacent to an activating group) is 1. The summed E-state index contributed by atoms with van der Waals surface area (Å²) >= 11 is 5.92. The summed E-state index contributed by atoms with van der Waals surface area (Å²) in [5.41, 5.74) is -3.43. The van der Waals surface area contributed by atoms with Gasteiger partial charge in [-0.3, -0.25) is 14.4 Å². The van der Waals surface area contributed by atoms with Crippen LogP contribution in [0.4, 0.5) is 26.3 Å². The molecular formula is C27H26ClF6N3O3. The molecule has 3 amide bonds. The standard InChI is InChI=1S/C27H26ClF6N3O3/c1-37(25(40)17-13-18(26(29,30)31)15-19(14-17)27(32,33)34)21(12-16-5-7-20(28)8-6-16)9-10-23(38)36-22-4-2-3-11-35-24(22)39/h5-10,13-15,21-22H,2-4,11-12H2,1H3,(H,35,39)(H,36,38)/b10-9+/t21-,22-/m1/s1. The van der Waals surface area contributed by atoms with E-state index in [9.17, 15) is 40.7 Å². The van der Waals surface area contributed by atoms with Gasteiger partial charge < -0.3 is 15.5 Å². The molecule has 0 saturated carbocycles. The highest BCUT2D eigenvalue weighted by molar-refractivity contribution is 6.30. The molecule has 13 heteroatoms. The number of nitrogens with one attached hydrogen (secondary N) is 2. The molecule has 2 N–H and O–H groups in total. The summed E-state index contributed by atoms with van der Waals surface area (Å²) in [7, 11) is 1.21. The van der Waals surface area contributed by atoms with Gasteiger partial charge in [0.05, 0.1) is 17.2 Å². The van der Waals surface area contributed by atoms with E-state index in [4.69, 9.17) is 11.6 Å². The van der Waals surface area contributed by atoms with Gasteiger partial charge in [0.25, 0.3) is 5.91 Å². The highest BCUT2D eigenvalue weighted by Crippen LogP contribution is 2.36. The minimum absolute atomic E-state index is 0.0538. The van der Waals surface area contributed by atoms with Crippen LogP contribution in [0.2, 0.25) is 5.02 Å². The van der Waals surface area contributed by atoms with Crippen LogP contribution in [0.25, 0.3) is 0 Å². The molecule has 0 aromatic heterocycles. The van der Waals surface area contributed by atoms with Gasteiger partial charge in [-0.15, -0.1) is 0 Å². The molecule has 3 rings (SSSR count). The van der Waals surface area contributed by atoms with Crippen LogP contribution < -0.4 is 10.6 Å². The average molecular weight is 590 g/mol. The molecule has 1 aliphatic rings. The molecule has 6 nitrogen and oxygen atoms in total. The second kappa shape index (κ2) is 12.8. The molecule has 1 aliphatic heterocycles. The fraction of sp³-hybridized carbons (Fsp3) is 0.370. The number of halogens is 7. The lowest BCUT2D eigenvalue weighted by molar-refractivity contribution is -0.143. The van der Waals surface area contributed by atoms with Crippen molar-refractivity contribution in [2.24, 2.45) is 0 Å². The number of alkyl halides is 6. The normalized spacial score (nSPS) is 17.2. The van der Waals surface area contributed by atoms with Crippen LogP contribution in [0.5, 0.6) is 0 Å². The van der Waals surface area contributed by atoms with E-state index in [2.05, 4.69) is 10.6 Å². The zero-order valence-electron chi connectivity index (χ0n) is 21.2. The van der Waals surface area contributed by atoms with E-state index in [1.807, 2.05) is 0 Å². The van der Waals surface area contributed by atoms with E-state index < -0.39 is 52.9 Å². The first-order valence-corrected chi connectivity index (χ1v) is 12.6. The van der Waals surface area contributed by atoms with Crippen LogP contribution in [0.1, 0.15) is 46.3 Å². The zero-order chi connectivity index (χ0) is 29.7. The van der Waals surface area contributed by atoms with Crippen LogP contribution in [0.3, 0.4) is 0 Å². The van der Waals surface area contributed by atoms with Crippen molar-refractivity contribution < 1.29 is 40.7 Å². The molecule has 216 valence electrons. The maximum atomic E-state index is 13.3. The molecule has 0 spiro atoms. The van der Waals surface area contributed by atoms with E-state index in [1.165, 1.54) is 13.1 Å². The largest absolute Gasteiger partial charge is 0.416 e. The number of carbonyl (C=O) groups is 3. The first-order valence-electron chi connectivity index (χ1n) is 12.2. The number of hydrogen-bond donors (Lipinski definition) is 2. The van der Waals surface area contributed by atoms with E-state index in [0.29, 0.717) is 42.1 Å². The second-order valence-electron chi connectivity index (χ2n) is 9.32. The number of benzene rings is 2. The number of amides is 3. The van der Waals surface area contributed by atoms with Crippen molar-refractivity contribution in [3.8, 4) is 0 Å². The SMILES string of the molecule is CN(C(=O)c1cc(C(F)(F)F)cc(C(F)(F)F)c1)[C@H](/C=C/C(=O)N[C@@H]1CCCCNC1=O)Cc1ccc(Cl)cc1. The van der Waals surface area contributed by atoms with Crippen molar-refractivity contribution in [2.75, 3.05) is 13.6 Å². The van der Waals surface area contributed by atoms with Crippen molar-refractivity contribution in [3.63, 3.8) is 0 Å². The Hall–Kier alpha value is -3.54. The third-order valence-corrected chi connectivity index (χ3v) is 6.58. The van der Waals surface area contributed by atoms with Gasteiger partial charge in [-0.2, -0.15) is 26.3 Å². The minimum Gasteiger partial charge on any atom is -0.354 e. The number of rotatable bonds is 7. The Morgan fingerprint density at radius 3 is 2.23 bits per heavy atom. The fourth-order valence-electron chi connectivity index (χ4n) is 4.12. The summed E-state index contributed by atoms with van der Waals surface area (Å²) in [5, 5.41) is 5.68. The monoisotopic (exact) mass is 589 g/mol. The van der Waals surface area contributed by atoms with E-state index in [1.54, 1.807) is 24.3 Å². The second-order valence-corrected chi connectivity index (χ2v) is 9.75. The third kappa shape index (κ3) is 8.48. The molecule has 0 unspecified atom stereocenters. The Bertz CT molecular complexity index is 1230. The first kappa shape index (κ1) is 31.0. The molecular weight excluding hydrogens is 564 g/mol. The fourth-order valence-corrected chi connectivity index (χ4v) is 4.25. The molecule has 0 bridgehead atoms. The van der Waals surface area contributed by atoms with Crippen molar-refractivity contribution >= 4 is 29.3 Å². The van der Waals surface area contributed by atoms with E-state index >= 15 is 0 Å². The van der Waals surface area contributed by atoms with Gasteiger partial charge in [0.2, 0.25) is 11.8 Å². The van der Waals surface area contributed by atoms with Crippen molar-refractivity contribution in [1.29, 1.82) is 0 Å². The molecule has 40 heavy (non-hydrogen) atoms. The predicted octanol–water partition coefficient (Wildman–Crippen LogP) is 5.40. The number of nitrogens with zero attached hydrogens (tertiary/aromatic N) is 1. The lowest BCUT2D eigenvalue weighted by Crippen LogP contribution is -2.45. The Balaban J connectivity index is 1.91. The van der Waals surface area contributed by atoms with Crippen LogP contribution in [0, 0.1) is 0 Å². The summed E-state index contributed by atoms with van der Waals surface area (Å²) in [5.74, 6) is -2.11. The molecule has 2 aromatic rings. The highest BCUT2D eigenvalue weighted by atomic mass is 35.5. The Labute approximate surface area is 231 Å². The molecule has 1 fully saturated rings. The third-order valence-electron chi connectivity index (χ3n) is 6.33. The van der Waals surface area contributed by atoms with Crippen LogP contribution >= 0.6 is 11.6 Å². The Kier molecular flexibility index (Phi) is 9.88. The van der Waals surface area contributed by atoms with Gasteiger partial charge in [-0.25, -0.2) is 0 Å². The molecule has 1 heterocycles. The summed E-state index contributed by atoms with van der Waals surface area (Å²) < 4.78 is 80.1. The highest BCUT2D eigenvalue weighted by Gasteiger charge is 2.38. The maximum Gasteiger partial charge on any atom is 0.416 e. The Morgan fingerprint density at radius 2 is 1.65 bits per heavy atom. The van der Waals surface area contributed by atoms with E-state index in [0.717, 1.165) is 17.4 Å². The van der Waals surface area contributed by atoms with Crippen LogP contribution in [-0.2, 0) is 28.4 Å². The maximum absolute atomic E-state index is 13.3. The molecule has 2 atom stereocenters. The van der Waals surface area contributed by atoms with Gasteiger partial charge >= 0.3 is 12.4 Å². The quantitative estimate of drug-likeness (QED) is 0.335. The smallest absolute Gasteiger partial charge is 0.354 e. The lowest BCUT2D eigenvalue weighted by Gasteiger charge is -2.27. The Morgan fingerprint density at radius 1 is 1.05 bits per heavy atom. The summed E-state index contributed by atoms with van der Waals surface area (Å²) in [6.07, 6.45) is -5.92. The van der Waals surface area contributed by atoms with Gasteiger partial charge in [0.15, 0.2) is 0 Å². The molecule has 2 aromatic carbocycles. The molecule has 1 saturated heterocycles. The first-order chi connectivity index (χ1) is 18.6.